The van der Waals surface area contributed by atoms with Gasteiger partial charge < -0.3 is 51.5 Å². The molecule has 0 aromatic rings. The van der Waals surface area contributed by atoms with Gasteiger partial charge in [-0.2, -0.15) is 0 Å². The standard InChI is InChI=1S/C36H69NO14S2.2H3N/c1-3-5-7-9-11-13-14-15-16-18-19-21-23-25-30(38)29(37-32(39)26-24-22-20-17-12-10-8-6-4-2)27-48-36-34(41)35(51-53(45,46)47)33(40)31(50-36)28-49-52(42,43)44;;/h23,25,29-31,33-36,38,40-41H,3-22,24,26-28H2,1-2H3,(H,37,39)(H,42,43,44)(H,45,46,47);2*1H3/b25-23+;;/t29-,30+,31+,33-,34?,35?,36+;;/m0../s1. The number of carbonyl (C=O) groups is 1. The van der Waals surface area contributed by atoms with Gasteiger partial charge in [0.25, 0.3) is 0 Å². The van der Waals surface area contributed by atoms with Crippen LogP contribution in [0.1, 0.15) is 155 Å². The lowest BCUT2D eigenvalue weighted by Gasteiger charge is -2.42. The first-order valence-electron chi connectivity index (χ1n) is 19.7. The van der Waals surface area contributed by atoms with Gasteiger partial charge in [0.2, 0.25) is 26.7 Å². The molecule has 0 aliphatic carbocycles. The first kappa shape index (κ1) is 55.8. The molecule has 1 heterocycles. The predicted molar refractivity (Wildman–Crippen MR) is 209 cm³/mol. The first-order valence-corrected chi connectivity index (χ1v) is 22.4. The van der Waals surface area contributed by atoms with Crippen LogP contribution in [0.4, 0.5) is 0 Å². The van der Waals surface area contributed by atoms with Crippen molar-refractivity contribution in [3.05, 3.63) is 12.2 Å². The van der Waals surface area contributed by atoms with E-state index in [4.69, 9.17) is 9.47 Å². The maximum absolute atomic E-state index is 12.9. The summed E-state index contributed by atoms with van der Waals surface area (Å²) in [7, 11) is -10.8. The highest BCUT2D eigenvalue weighted by Crippen LogP contribution is 2.26. The zero-order chi connectivity index (χ0) is 39.5. The molecule has 1 amide bonds. The fourth-order valence-corrected chi connectivity index (χ4v) is 6.97. The molecule has 2 unspecified atom stereocenters. The number of unbranched alkanes of at least 4 members (excludes halogenated alkanes) is 19. The Kier molecular flexibility index (Phi) is 33.1. The summed E-state index contributed by atoms with van der Waals surface area (Å²) >= 11 is 0. The lowest BCUT2D eigenvalue weighted by molar-refractivity contribution is -0.297. The molecule has 0 bridgehead atoms. The highest BCUT2D eigenvalue weighted by atomic mass is 32.3. The molecule has 0 aromatic heterocycles. The molecular weight excluding hydrogens is 763 g/mol. The number of quaternary nitrogens is 2. The molecule has 0 spiro atoms. The molecule has 0 saturated carbocycles. The van der Waals surface area contributed by atoms with Crippen LogP contribution in [-0.2, 0) is 43.4 Å². The summed E-state index contributed by atoms with van der Waals surface area (Å²) in [5.41, 5.74) is 0. The van der Waals surface area contributed by atoms with Crippen LogP contribution in [0.25, 0.3) is 0 Å². The molecule has 12 N–H and O–H groups in total. The molecule has 1 aliphatic rings. The van der Waals surface area contributed by atoms with Crippen molar-refractivity contribution in [2.45, 2.75) is 198 Å². The van der Waals surface area contributed by atoms with Gasteiger partial charge in [0.15, 0.2) is 6.29 Å². The SMILES string of the molecule is CCCCCCCCCCCCC/C=C/[C@@H](O)[C@H](CO[C@@H]1O[C@H](COS(=O)(=O)[O-])[C@H](O)C(OS(=O)(=O)[O-])C1O)NC(=O)CCCCCCCCCCC.[NH4+].[NH4+]. The molecule has 0 aromatic carbocycles. The van der Waals surface area contributed by atoms with Crippen molar-refractivity contribution in [2.75, 3.05) is 13.2 Å². The predicted octanol–water partition coefficient (Wildman–Crippen LogP) is 5.55. The van der Waals surface area contributed by atoms with Crippen molar-refractivity contribution < 1.29 is 63.9 Å². The highest BCUT2D eigenvalue weighted by molar-refractivity contribution is 7.81. The smallest absolute Gasteiger partial charge is 0.220 e. The summed E-state index contributed by atoms with van der Waals surface area (Å²) in [6, 6.07) is -1.07. The summed E-state index contributed by atoms with van der Waals surface area (Å²) in [6.45, 7) is 2.76. The maximum atomic E-state index is 12.9. The van der Waals surface area contributed by atoms with Crippen molar-refractivity contribution in [2.24, 2.45) is 0 Å². The summed E-state index contributed by atoms with van der Waals surface area (Å²) in [6.07, 6.45) is 15.7. The van der Waals surface area contributed by atoms with Crippen molar-refractivity contribution in [1.29, 1.82) is 0 Å². The molecule has 330 valence electrons. The van der Waals surface area contributed by atoms with E-state index >= 15 is 0 Å². The molecular formula is C36H75N3O14S2. The van der Waals surface area contributed by atoms with Crippen molar-refractivity contribution in [3.63, 3.8) is 0 Å². The molecule has 55 heavy (non-hydrogen) atoms. The molecule has 1 fully saturated rings. The van der Waals surface area contributed by atoms with Gasteiger partial charge in [-0.15, -0.1) is 0 Å². The minimum Gasteiger partial charge on any atom is -0.726 e. The fourth-order valence-electron chi connectivity index (χ4n) is 6.17. The molecule has 19 heteroatoms. The lowest BCUT2D eigenvalue weighted by Crippen LogP contribution is -2.61. The minimum atomic E-state index is -5.50. The van der Waals surface area contributed by atoms with Crippen LogP contribution in [-0.4, -0.2) is 103 Å². The number of allylic oxidation sites excluding steroid dienone is 1. The van der Waals surface area contributed by atoms with Gasteiger partial charge in [0, 0.05) is 6.42 Å². The quantitative estimate of drug-likeness (QED) is 0.0204. The van der Waals surface area contributed by atoms with E-state index < -0.39 is 76.9 Å². The second-order valence-electron chi connectivity index (χ2n) is 14.0. The summed E-state index contributed by atoms with van der Waals surface area (Å²) < 4.78 is 86.3. The maximum Gasteiger partial charge on any atom is 0.220 e. The van der Waals surface area contributed by atoms with Gasteiger partial charge in [-0.25, -0.2) is 16.8 Å². The van der Waals surface area contributed by atoms with E-state index in [1.54, 1.807) is 6.08 Å². The second kappa shape index (κ2) is 32.6. The number of hydrogen-bond donors (Lipinski definition) is 6. The number of ether oxygens (including phenoxy) is 2. The van der Waals surface area contributed by atoms with E-state index in [1.165, 1.54) is 83.1 Å². The van der Waals surface area contributed by atoms with E-state index in [9.17, 15) is 46.1 Å². The van der Waals surface area contributed by atoms with E-state index in [0.29, 0.717) is 12.8 Å². The van der Waals surface area contributed by atoms with E-state index in [1.807, 2.05) is 0 Å². The van der Waals surface area contributed by atoms with Gasteiger partial charge in [0.1, 0.15) is 24.4 Å². The van der Waals surface area contributed by atoms with Crippen LogP contribution in [0.5, 0.6) is 0 Å². The second-order valence-corrected chi connectivity index (χ2v) is 16.1. The van der Waals surface area contributed by atoms with E-state index in [2.05, 4.69) is 27.5 Å². The Morgan fingerprint density at radius 3 is 1.69 bits per heavy atom. The number of rotatable bonds is 33. The summed E-state index contributed by atoms with van der Waals surface area (Å²) in [5, 5.41) is 34.9. The Labute approximate surface area is 330 Å². The molecule has 1 aliphatic heterocycles. The third kappa shape index (κ3) is 28.7. The van der Waals surface area contributed by atoms with Crippen LogP contribution in [0.3, 0.4) is 0 Å². The van der Waals surface area contributed by atoms with Gasteiger partial charge >= 0.3 is 0 Å². The summed E-state index contributed by atoms with van der Waals surface area (Å²) in [5.74, 6) is -0.356. The largest absolute Gasteiger partial charge is 0.726 e. The Morgan fingerprint density at radius 2 is 1.22 bits per heavy atom. The Balaban J connectivity index is 0. The Bertz CT molecular complexity index is 1200. The summed E-state index contributed by atoms with van der Waals surface area (Å²) in [4.78, 5) is 12.9. The normalized spacial score (nSPS) is 21.5. The topological polar surface area (TPSA) is 314 Å². The molecule has 0 radical (unpaired) electrons. The number of hydrogen-bond acceptors (Lipinski definition) is 14. The number of aliphatic hydroxyl groups excluding tert-OH is 3. The number of amides is 1. The number of aliphatic hydroxyl groups is 3. The van der Waals surface area contributed by atoms with Gasteiger partial charge in [-0.3, -0.25) is 13.2 Å². The molecule has 1 saturated heterocycles. The van der Waals surface area contributed by atoms with Crippen molar-refractivity contribution >= 4 is 26.7 Å². The molecule has 7 atom stereocenters. The lowest BCUT2D eigenvalue weighted by atomic mass is 9.99. The van der Waals surface area contributed by atoms with Crippen LogP contribution in [0.15, 0.2) is 12.2 Å². The highest BCUT2D eigenvalue weighted by Gasteiger charge is 2.47. The van der Waals surface area contributed by atoms with Crippen LogP contribution in [0, 0.1) is 0 Å². The first-order chi connectivity index (χ1) is 25.2. The third-order valence-electron chi connectivity index (χ3n) is 9.26. The number of nitrogens with one attached hydrogen (secondary N) is 1. The fraction of sp³-hybridized carbons (Fsp3) is 0.917. The van der Waals surface area contributed by atoms with Crippen molar-refractivity contribution in [3.8, 4) is 0 Å². The van der Waals surface area contributed by atoms with Crippen LogP contribution < -0.4 is 17.6 Å². The van der Waals surface area contributed by atoms with Gasteiger partial charge in [-0.05, 0) is 19.3 Å². The minimum absolute atomic E-state index is 0. The molecule has 1 rings (SSSR count). The van der Waals surface area contributed by atoms with E-state index in [-0.39, 0.29) is 24.6 Å². The zero-order valence-corrected chi connectivity index (χ0v) is 35.4. The monoisotopic (exact) mass is 837 g/mol. The van der Waals surface area contributed by atoms with Crippen LogP contribution >= 0.6 is 0 Å². The third-order valence-corrected chi connectivity index (χ3v) is 10.1. The molecule has 17 nitrogen and oxygen atoms in total. The van der Waals surface area contributed by atoms with Gasteiger partial charge in [-0.1, -0.05) is 142 Å². The number of carbonyl (C=O) groups excluding carboxylic acids is 1. The Hall–Kier alpha value is -1.33. The van der Waals surface area contributed by atoms with Gasteiger partial charge in [0.05, 0.1) is 25.4 Å². The van der Waals surface area contributed by atoms with Crippen LogP contribution in [0.2, 0.25) is 0 Å². The average molecular weight is 838 g/mol. The Morgan fingerprint density at radius 1 is 0.745 bits per heavy atom. The zero-order valence-electron chi connectivity index (χ0n) is 33.8. The van der Waals surface area contributed by atoms with Crippen molar-refractivity contribution in [1.82, 2.24) is 17.6 Å². The average Bonchev–Trinajstić information content (AvgIpc) is 3.09. The van der Waals surface area contributed by atoms with E-state index in [0.717, 1.165) is 44.9 Å².